The van der Waals surface area contributed by atoms with Crippen molar-refractivity contribution < 1.29 is 14.3 Å². The van der Waals surface area contributed by atoms with Gasteiger partial charge in [0.1, 0.15) is 0 Å². The summed E-state index contributed by atoms with van der Waals surface area (Å²) in [7, 11) is 1.60. The van der Waals surface area contributed by atoms with E-state index in [1.165, 1.54) is 12.4 Å². The molecule has 122 valence electrons. The van der Waals surface area contributed by atoms with Crippen molar-refractivity contribution >= 4 is 23.7 Å². The van der Waals surface area contributed by atoms with Crippen molar-refractivity contribution in [2.45, 2.75) is 20.8 Å². The number of carbonyl (C=O) groups is 2. The zero-order chi connectivity index (χ0) is 17.5. The van der Waals surface area contributed by atoms with E-state index in [0.717, 1.165) is 0 Å². The number of ether oxygens (including phenoxy) is 1. The van der Waals surface area contributed by atoms with E-state index in [1.807, 2.05) is 6.07 Å². The van der Waals surface area contributed by atoms with Crippen LogP contribution in [-0.2, 0) is 14.3 Å². The molecule has 5 nitrogen and oxygen atoms in total. The van der Waals surface area contributed by atoms with Gasteiger partial charge < -0.3 is 10.5 Å². The van der Waals surface area contributed by atoms with Crippen molar-refractivity contribution in [3.05, 3.63) is 53.7 Å². The van der Waals surface area contributed by atoms with Gasteiger partial charge in [0.05, 0.1) is 11.0 Å². The molecule has 0 aromatic heterocycles. The van der Waals surface area contributed by atoms with E-state index >= 15 is 0 Å². The molecule has 0 bridgehead atoms. The fourth-order valence-electron chi connectivity index (χ4n) is 1.61. The van der Waals surface area contributed by atoms with E-state index < -0.39 is 17.4 Å². The first kappa shape index (κ1) is 18.4. The Morgan fingerprint density at radius 1 is 1.17 bits per heavy atom. The number of rotatable bonds is 4. The average molecular weight is 314 g/mol. The average Bonchev–Trinajstić information content (AvgIpc) is 2.51. The van der Waals surface area contributed by atoms with Crippen LogP contribution in [0.2, 0.25) is 0 Å². The zero-order valence-corrected chi connectivity index (χ0v) is 13.9. The largest absolute Gasteiger partial charge is 0.404 e. The summed E-state index contributed by atoms with van der Waals surface area (Å²) in [6.45, 7) is 5.05. The SMILES string of the molecule is CN=CC(=CN)/C=C(/C(=O)OC(=O)C(C)(C)C)c1ccccc1. The Morgan fingerprint density at radius 2 is 1.78 bits per heavy atom. The quantitative estimate of drug-likeness (QED) is 0.304. The lowest BCUT2D eigenvalue weighted by Gasteiger charge is -2.16. The van der Waals surface area contributed by atoms with E-state index in [9.17, 15) is 9.59 Å². The Kier molecular flexibility index (Phi) is 6.45. The molecule has 5 heteroatoms. The highest BCUT2D eigenvalue weighted by atomic mass is 16.6. The van der Waals surface area contributed by atoms with Crippen molar-refractivity contribution in [1.29, 1.82) is 0 Å². The summed E-state index contributed by atoms with van der Waals surface area (Å²) >= 11 is 0. The molecule has 0 atom stereocenters. The number of aliphatic imine (C=N–C) groups is 1. The molecule has 1 rings (SSSR count). The van der Waals surface area contributed by atoms with Crippen LogP contribution in [0.1, 0.15) is 26.3 Å². The molecular weight excluding hydrogens is 292 g/mol. The molecule has 0 amide bonds. The maximum atomic E-state index is 12.4. The van der Waals surface area contributed by atoms with Crippen molar-refractivity contribution in [2.24, 2.45) is 16.1 Å². The molecule has 0 radical (unpaired) electrons. The number of benzene rings is 1. The zero-order valence-electron chi connectivity index (χ0n) is 13.9. The highest BCUT2D eigenvalue weighted by Crippen LogP contribution is 2.21. The lowest BCUT2D eigenvalue weighted by Crippen LogP contribution is -2.26. The first-order valence-electron chi connectivity index (χ1n) is 7.17. The van der Waals surface area contributed by atoms with Gasteiger partial charge in [0.25, 0.3) is 0 Å². The van der Waals surface area contributed by atoms with Crippen LogP contribution in [0.3, 0.4) is 0 Å². The highest BCUT2D eigenvalue weighted by molar-refractivity contribution is 6.20. The number of allylic oxidation sites excluding steroid dienone is 2. The van der Waals surface area contributed by atoms with Gasteiger partial charge in [-0.1, -0.05) is 30.3 Å². The van der Waals surface area contributed by atoms with Gasteiger partial charge in [0.15, 0.2) is 0 Å². The molecule has 1 aromatic rings. The van der Waals surface area contributed by atoms with Crippen molar-refractivity contribution in [3.8, 4) is 0 Å². The molecule has 0 aliphatic carbocycles. The normalized spacial score (nSPS) is 13.2. The first-order valence-corrected chi connectivity index (χ1v) is 7.17. The maximum Gasteiger partial charge on any atom is 0.346 e. The van der Waals surface area contributed by atoms with Crippen LogP contribution in [-0.4, -0.2) is 25.2 Å². The number of hydrogen-bond donors (Lipinski definition) is 1. The van der Waals surface area contributed by atoms with Gasteiger partial charge in [0, 0.05) is 25.0 Å². The molecule has 1 aromatic carbocycles. The molecule has 23 heavy (non-hydrogen) atoms. The predicted octanol–water partition coefficient (Wildman–Crippen LogP) is 2.73. The van der Waals surface area contributed by atoms with Crippen LogP contribution in [0, 0.1) is 5.41 Å². The van der Waals surface area contributed by atoms with Gasteiger partial charge in [-0.3, -0.25) is 9.79 Å². The second-order valence-electron chi connectivity index (χ2n) is 5.90. The number of carbonyl (C=O) groups excluding carboxylic acids is 2. The third-order valence-corrected chi connectivity index (χ3v) is 2.88. The summed E-state index contributed by atoms with van der Waals surface area (Å²) in [4.78, 5) is 28.3. The van der Waals surface area contributed by atoms with E-state index in [-0.39, 0.29) is 5.57 Å². The smallest absolute Gasteiger partial charge is 0.346 e. The molecule has 0 unspecified atom stereocenters. The molecule has 0 fully saturated rings. The van der Waals surface area contributed by atoms with Crippen LogP contribution >= 0.6 is 0 Å². The van der Waals surface area contributed by atoms with Crippen LogP contribution in [0.25, 0.3) is 5.57 Å². The lowest BCUT2D eigenvalue weighted by atomic mass is 9.97. The van der Waals surface area contributed by atoms with Crippen molar-refractivity contribution in [3.63, 3.8) is 0 Å². The lowest BCUT2D eigenvalue weighted by molar-refractivity contribution is -0.161. The molecule has 0 heterocycles. The van der Waals surface area contributed by atoms with Gasteiger partial charge in [-0.15, -0.1) is 0 Å². The number of hydrogen-bond acceptors (Lipinski definition) is 5. The fourth-order valence-corrected chi connectivity index (χ4v) is 1.61. The minimum atomic E-state index is -0.769. The minimum absolute atomic E-state index is 0.236. The molecule has 2 N–H and O–H groups in total. The third kappa shape index (κ3) is 5.54. The monoisotopic (exact) mass is 314 g/mol. The molecule has 0 saturated carbocycles. The Hall–Kier alpha value is -2.69. The molecular formula is C18H22N2O3. The van der Waals surface area contributed by atoms with Gasteiger partial charge >= 0.3 is 11.9 Å². The van der Waals surface area contributed by atoms with Gasteiger partial charge in [-0.2, -0.15) is 0 Å². The second-order valence-corrected chi connectivity index (χ2v) is 5.90. The van der Waals surface area contributed by atoms with Gasteiger partial charge in [-0.25, -0.2) is 4.79 Å². The molecule has 0 saturated heterocycles. The summed E-state index contributed by atoms with van der Waals surface area (Å²) in [5, 5.41) is 0. The summed E-state index contributed by atoms with van der Waals surface area (Å²) in [5.41, 5.74) is 6.17. The van der Waals surface area contributed by atoms with Gasteiger partial charge in [-0.05, 0) is 32.4 Å². The number of nitrogens with two attached hydrogens (primary N) is 1. The topological polar surface area (TPSA) is 81.8 Å². The Bertz CT molecular complexity index is 651. The van der Waals surface area contributed by atoms with E-state index in [1.54, 1.807) is 58.2 Å². The molecule has 0 aliphatic heterocycles. The molecule has 0 spiro atoms. The summed E-state index contributed by atoms with van der Waals surface area (Å²) < 4.78 is 5.00. The van der Waals surface area contributed by atoms with Crippen LogP contribution < -0.4 is 5.73 Å². The Morgan fingerprint density at radius 3 is 2.26 bits per heavy atom. The van der Waals surface area contributed by atoms with E-state index in [4.69, 9.17) is 10.5 Å². The van der Waals surface area contributed by atoms with Crippen LogP contribution in [0.15, 0.2) is 53.2 Å². The highest BCUT2D eigenvalue weighted by Gasteiger charge is 2.27. The van der Waals surface area contributed by atoms with Crippen molar-refractivity contribution in [2.75, 3.05) is 7.05 Å². The predicted molar refractivity (Wildman–Crippen MR) is 91.7 cm³/mol. The Balaban J connectivity index is 3.23. The Labute approximate surface area is 136 Å². The number of esters is 2. The second kappa shape index (κ2) is 8.08. The minimum Gasteiger partial charge on any atom is -0.404 e. The molecule has 0 aliphatic rings. The first-order chi connectivity index (χ1) is 10.8. The van der Waals surface area contributed by atoms with Crippen molar-refractivity contribution in [1.82, 2.24) is 0 Å². The number of nitrogens with zero attached hydrogens (tertiary/aromatic N) is 1. The van der Waals surface area contributed by atoms with Gasteiger partial charge in [0.2, 0.25) is 0 Å². The standard InChI is InChI=1S/C18H22N2O3/c1-18(2,3)17(22)23-16(21)15(10-13(11-19)12-20-4)14-8-6-5-7-9-14/h5-12H,19H2,1-4H3/b13-11?,15-10+,20-12?. The van der Waals surface area contributed by atoms with Crippen LogP contribution in [0.4, 0.5) is 0 Å². The fraction of sp³-hybridized carbons (Fsp3) is 0.278. The third-order valence-electron chi connectivity index (χ3n) is 2.88. The van der Waals surface area contributed by atoms with E-state index in [0.29, 0.717) is 11.1 Å². The summed E-state index contributed by atoms with van der Waals surface area (Å²) in [6, 6.07) is 8.93. The summed E-state index contributed by atoms with van der Waals surface area (Å²) in [6.07, 6.45) is 4.39. The maximum absolute atomic E-state index is 12.4. The summed E-state index contributed by atoms with van der Waals surface area (Å²) in [5.74, 6) is -1.31. The van der Waals surface area contributed by atoms with Crippen LogP contribution in [0.5, 0.6) is 0 Å². The van der Waals surface area contributed by atoms with E-state index in [2.05, 4.69) is 4.99 Å².